The number of rotatable bonds is 3. The molecular weight excluding hydrogens is 201 g/mol. The van der Waals surface area contributed by atoms with Crippen LogP contribution in [0.4, 0.5) is 4.39 Å². The van der Waals surface area contributed by atoms with Crippen LogP contribution < -0.4 is 5.73 Å². The van der Waals surface area contributed by atoms with Gasteiger partial charge in [-0.25, -0.2) is 4.39 Å². The minimum atomic E-state index is -1.18. The summed E-state index contributed by atoms with van der Waals surface area (Å²) in [6.45, 7) is 1.23. The highest BCUT2D eigenvalue weighted by molar-refractivity contribution is 5.78. The Morgan fingerprint density at radius 2 is 2.20 bits per heavy atom. The molecule has 0 aliphatic heterocycles. The molecule has 4 N–H and O–H groups in total. The van der Waals surface area contributed by atoms with Crippen LogP contribution in [0.25, 0.3) is 0 Å². The molecule has 0 fully saturated rings. The molecule has 1 aromatic carbocycles. The number of carboxylic acid groups (broad SMARTS) is 1. The molecule has 1 aromatic rings. The molecular formula is C10H12FNO3. The lowest BCUT2D eigenvalue weighted by molar-refractivity contribution is -0.138. The molecule has 1 rings (SSSR count). The standard InChI is InChI=1S/C10H12FNO3/c1-5-7(11)2-3-8(13)9(5)6(4-12)10(14)15/h2-3,6,13H,4,12H2,1H3,(H,14,15). The molecule has 0 saturated carbocycles. The molecule has 4 nitrogen and oxygen atoms in total. The summed E-state index contributed by atoms with van der Waals surface area (Å²) in [5.74, 6) is -3.06. The number of hydrogen-bond donors (Lipinski definition) is 3. The van der Waals surface area contributed by atoms with Crippen molar-refractivity contribution in [3.63, 3.8) is 0 Å². The van der Waals surface area contributed by atoms with Gasteiger partial charge in [0.1, 0.15) is 11.6 Å². The van der Waals surface area contributed by atoms with E-state index >= 15 is 0 Å². The van der Waals surface area contributed by atoms with Crippen LogP contribution in [0, 0.1) is 12.7 Å². The molecule has 5 heteroatoms. The zero-order valence-corrected chi connectivity index (χ0v) is 8.20. The molecule has 1 unspecified atom stereocenters. The average molecular weight is 213 g/mol. The molecule has 0 spiro atoms. The van der Waals surface area contributed by atoms with Crippen molar-refractivity contribution in [3.8, 4) is 5.75 Å². The molecule has 0 aromatic heterocycles. The number of benzene rings is 1. The number of halogens is 1. The summed E-state index contributed by atoms with van der Waals surface area (Å²) < 4.78 is 13.2. The second-order valence-corrected chi connectivity index (χ2v) is 3.23. The van der Waals surface area contributed by atoms with Gasteiger partial charge < -0.3 is 15.9 Å². The van der Waals surface area contributed by atoms with Gasteiger partial charge in [-0.3, -0.25) is 4.79 Å². The van der Waals surface area contributed by atoms with Gasteiger partial charge >= 0.3 is 5.97 Å². The van der Waals surface area contributed by atoms with Crippen molar-refractivity contribution in [1.82, 2.24) is 0 Å². The Labute approximate surface area is 86.1 Å². The van der Waals surface area contributed by atoms with Crippen LogP contribution in [0.2, 0.25) is 0 Å². The van der Waals surface area contributed by atoms with Crippen molar-refractivity contribution < 1.29 is 19.4 Å². The van der Waals surface area contributed by atoms with Crippen LogP contribution >= 0.6 is 0 Å². The smallest absolute Gasteiger partial charge is 0.312 e. The van der Waals surface area contributed by atoms with E-state index in [2.05, 4.69) is 0 Å². The zero-order chi connectivity index (χ0) is 11.6. The van der Waals surface area contributed by atoms with Crippen LogP contribution in [-0.2, 0) is 4.79 Å². The van der Waals surface area contributed by atoms with E-state index in [0.29, 0.717) is 0 Å². The summed E-state index contributed by atoms with van der Waals surface area (Å²) in [7, 11) is 0. The van der Waals surface area contributed by atoms with Crippen LogP contribution in [0.5, 0.6) is 5.75 Å². The van der Waals surface area contributed by atoms with Crippen molar-refractivity contribution in [2.24, 2.45) is 5.73 Å². The molecule has 0 radical (unpaired) electrons. The van der Waals surface area contributed by atoms with Crippen molar-refractivity contribution in [2.75, 3.05) is 6.54 Å². The largest absolute Gasteiger partial charge is 0.508 e. The Kier molecular flexibility index (Phi) is 3.26. The van der Waals surface area contributed by atoms with Crippen molar-refractivity contribution in [3.05, 3.63) is 29.1 Å². The van der Waals surface area contributed by atoms with Gasteiger partial charge in [0.25, 0.3) is 0 Å². The van der Waals surface area contributed by atoms with Crippen molar-refractivity contribution in [1.29, 1.82) is 0 Å². The van der Waals surface area contributed by atoms with Crippen LogP contribution in [0.3, 0.4) is 0 Å². The fourth-order valence-electron chi connectivity index (χ4n) is 1.47. The summed E-state index contributed by atoms with van der Waals surface area (Å²) in [6.07, 6.45) is 0. The maximum atomic E-state index is 13.2. The topological polar surface area (TPSA) is 83.5 Å². The third kappa shape index (κ3) is 2.07. The molecule has 0 bridgehead atoms. The number of aromatic hydroxyl groups is 1. The number of carbonyl (C=O) groups is 1. The number of carboxylic acids is 1. The lowest BCUT2D eigenvalue weighted by Gasteiger charge is -2.15. The van der Waals surface area contributed by atoms with E-state index in [1.54, 1.807) is 0 Å². The van der Waals surface area contributed by atoms with Crippen LogP contribution in [-0.4, -0.2) is 22.7 Å². The monoisotopic (exact) mass is 213 g/mol. The quantitative estimate of drug-likeness (QED) is 0.698. The SMILES string of the molecule is Cc1c(F)ccc(O)c1C(CN)C(=O)O. The van der Waals surface area contributed by atoms with Crippen LogP contribution in [0.1, 0.15) is 17.0 Å². The fraction of sp³-hybridized carbons (Fsp3) is 0.300. The first-order valence-corrected chi connectivity index (χ1v) is 4.39. The molecule has 0 saturated heterocycles. The van der Waals surface area contributed by atoms with Gasteiger partial charge in [-0.15, -0.1) is 0 Å². The van der Waals surface area contributed by atoms with Crippen molar-refractivity contribution >= 4 is 5.97 Å². The minimum absolute atomic E-state index is 0.0463. The number of aliphatic carboxylic acids is 1. The third-order valence-corrected chi connectivity index (χ3v) is 2.31. The number of phenolic OH excluding ortho intramolecular Hbond substituents is 1. The molecule has 0 aliphatic rings. The Morgan fingerprint density at radius 3 is 2.67 bits per heavy atom. The van der Waals surface area contributed by atoms with Gasteiger partial charge in [-0.2, -0.15) is 0 Å². The highest BCUT2D eigenvalue weighted by Gasteiger charge is 2.24. The van der Waals surface area contributed by atoms with E-state index in [-0.39, 0.29) is 23.4 Å². The van der Waals surface area contributed by atoms with Gasteiger partial charge in [-0.05, 0) is 24.6 Å². The van der Waals surface area contributed by atoms with Crippen molar-refractivity contribution in [2.45, 2.75) is 12.8 Å². The lowest BCUT2D eigenvalue weighted by Crippen LogP contribution is -2.22. The summed E-state index contributed by atoms with van der Waals surface area (Å²) in [6, 6.07) is 2.22. The zero-order valence-electron chi connectivity index (χ0n) is 8.20. The lowest BCUT2D eigenvalue weighted by atomic mass is 9.93. The van der Waals surface area contributed by atoms with Gasteiger partial charge in [-0.1, -0.05) is 0 Å². The van der Waals surface area contributed by atoms with E-state index in [9.17, 15) is 14.3 Å². The van der Waals surface area contributed by atoms with E-state index < -0.39 is 17.7 Å². The number of hydrogen-bond acceptors (Lipinski definition) is 3. The highest BCUT2D eigenvalue weighted by atomic mass is 19.1. The molecule has 0 amide bonds. The summed E-state index contributed by atoms with van der Waals surface area (Å²) in [5, 5.41) is 18.3. The molecule has 15 heavy (non-hydrogen) atoms. The van der Waals surface area contributed by atoms with Gasteiger partial charge in [0, 0.05) is 12.1 Å². The third-order valence-electron chi connectivity index (χ3n) is 2.31. The van der Waals surface area contributed by atoms with E-state index in [4.69, 9.17) is 10.8 Å². The molecule has 0 heterocycles. The molecule has 0 aliphatic carbocycles. The predicted molar refractivity (Wildman–Crippen MR) is 52.2 cm³/mol. The Bertz CT molecular complexity index is 392. The predicted octanol–water partition coefficient (Wildman–Crippen LogP) is 0.967. The summed E-state index contributed by atoms with van der Waals surface area (Å²) >= 11 is 0. The number of phenols is 1. The Hall–Kier alpha value is -1.62. The maximum absolute atomic E-state index is 13.2. The molecule has 1 atom stereocenters. The first-order chi connectivity index (χ1) is 6.99. The average Bonchev–Trinajstić information content (AvgIpc) is 2.18. The summed E-state index contributed by atoms with van der Waals surface area (Å²) in [4.78, 5) is 10.8. The van der Waals surface area contributed by atoms with Crippen LogP contribution in [0.15, 0.2) is 12.1 Å². The fourth-order valence-corrected chi connectivity index (χ4v) is 1.47. The highest BCUT2D eigenvalue weighted by Crippen LogP contribution is 2.30. The first kappa shape index (κ1) is 11.5. The van der Waals surface area contributed by atoms with Gasteiger partial charge in [0.2, 0.25) is 0 Å². The second-order valence-electron chi connectivity index (χ2n) is 3.23. The van der Waals surface area contributed by atoms with E-state index in [1.165, 1.54) is 6.92 Å². The van der Waals surface area contributed by atoms with E-state index in [0.717, 1.165) is 12.1 Å². The first-order valence-electron chi connectivity index (χ1n) is 4.39. The normalized spacial score (nSPS) is 12.5. The maximum Gasteiger partial charge on any atom is 0.312 e. The molecule has 82 valence electrons. The Balaban J connectivity index is 3.34. The Morgan fingerprint density at radius 1 is 1.60 bits per heavy atom. The summed E-state index contributed by atoms with van der Waals surface area (Å²) in [5.41, 5.74) is 5.44. The van der Waals surface area contributed by atoms with E-state index in [1.807, 2.05) is 0 Å². The second kappa shape index (κ2) is 4.27. The van der Waals surface area contributed by atoms with Gasteiger partial charge in [0.15, 0.2) is 0 Å². The number of nitrogens with two attached hydrogens (primary N) is 1. The van der Waals surface area contributed by atoms with Gasteiger partial charge in [0.05, 0.1) is 5.92 Å². The minimum Gasteiger partial charge on any atom is -0.508 e.